The highest BCUT2D eigenvalue weighted by molar-refractivity contribution is 7.80. The largest absolute Gasteiger partial charge is 0.389 e. The lowest BCUT2D eigenvalue weighted by Crippen LogP contribution is -2.19. The van der Waals surface area contributed by atoms with Crippen LogP contribution in [0.3, 0.4) is 0 Å². The van der Waals surface area contributed by atoms with E-state index < -0.39 is 0 Å². The smallest absolute Gasteiger partial charge is 0.158 e. The Bertz CT molecular complexity index is 824. The summed E-state index contributed by atoms with van der Waals surface area (Å²) in [6.45, 7) is 1.96. The standard InChI is InChI=1S/C15H15N5S/c1-10-9-13-15(17-7-8-20(13)18-10)19(2)12-6-4-3-5-11(12)14(16)21/h3-9H,1-2H3,(H2,16,21). The van der Waals surface area contributed by atoms with Crippen molar-refractivity contribution in [1.82, 2.24) is 14.6 Å². The number of thiocarbonyl (C=S) groups is 1. The van der Waals surface area contributed by atoms with Crippen molar-refractivity contribution < 1.29 is 0 Å². The average molecular weight is 297 g/mol. The number of hydrogen-bond acceptors (Lipinski definition) is 4. The van der Waals surface area contributed by atoms with Gasteiger partial charge >= 0.3 is 0 Å². The number of aromatic nitrogens is 3. The quantitative estimate of drug-likeness (QED) is 0.752. The van der Waals surface area contributed by atoms with Gasteiger partial charge in [-0.2, -0.15) is 5.10 Å². The SMILES string of the molecule is Cc1cc2c(N(C)c3ccccc3C(N)=S)nccn2n1. The van der Waals surface area contributed by atoms with Crippen molar-refractivity contribution in [3.8, 4) is 0 Å². The summed E-state index contributed by atoms with van der Waals surface area (Å²) in [5.41, 5.74) is 9.45. The van der Waals surface area contributed by atoms with Crippen LogP contribution in [0.2, 0.25) is 0 Å². The zero-order valence-corrected chi connectivity index (χ0v) is 12.6. The molecule has 0 saturated heterocycles. The first kappa shape index (κ1) is 13.5. The fourth-order valence-corrected chi connectivity index (χ4v) is 2.55. The molecule has 0 bridgehead atoms. The van der Waals surface area contributed by atoms with Gasteiger partial charge in [0.15, 0.2) is 5.82 Å². The van der Waals surface area contributed by atoms with Crippen LogP contribution in [-0.4, -0.2) is 26.6 Å². The van der Waals surface area contributed by atoms with E-state index in [1.165, 1.54) is 0 Å². The normalized spacial score (nSPS) is 10.8. The first-order valence-electron chi connectivity index (χ1n) is 6.51. The molecular weight excluding hydrogens is 282 g/mol. The number of nitrogens with zero attached hydrogens (tertiary/aromatic N) is 4. The first-order chi connectivity index (χ1) is 10.1. The molecular formula is C15H15N5S. The van der Waals surface area contributed by atoms with Gasteiger partial charge in [0, 0.05) is 25.0 Å². The van der Waals surface area contributed by atoms with Gasteiger partial charge in [0.2, 0.25) is 0 Å². The molecule has 2 aromatic heterocycles. The van der Waals surface area contributed by atoms with Crippen LogP contribution in [0.5, 0.6) is 0 Å². The maximum Gasteiger partial charge on any atom is 0.158 e. The predicted molar refractivity (Wildman–Crippen MR) is 88.1 cm³/mol. The number of fused-ring (bicyclic) bond motifs is 1. The molecule has 1 aromatic carbocycles. The molecule has 0 saturated carbocycles. The Balaban J connectivity index is 2.17. The molecule has 3 aromatic rings. The molecule has 2 heterocycles. The molecule has 5 nitrogen and oxygen atoms in total. The lowest BCUT2D eigenvalue weighted by atomic mass is 10.1. The topological polar surface area (TPSA) is 59.5 Å². The van der Waals surface area contributed by atoms with Gasteiger partial charge in [-0.1, -0.05) is 24.4 Å². The minimum Gasteiger partial charge on any atom is -0.389 e. The van der Waals surface area contributed by atoms with Gasteiger partial charge in [-0.3, -0.25) is 0 Å². The Morgan fingerprint density at radius 2 is 2.10 bits per heavy atom. The molecule has 0 amide bonds. The van der Waals surface area contributed by atoms with E-state index in [9.17, 15) is 0 Å². The molecule has 0 aliphatic carbocycles. The number of aryl methyl sites for hydroxylation is 1. The molecule has 3 rings (SSSR count). The lowest BCUT2D eigenvalue weighted by molar-refractivity contribution is 0.917. The van der Waals surface area contributed by atoms with E-state index in [1.807, 2.05) is 59.9 Å². The Kier molecular flexibility index (Phi) is 3.31. The average Bonchev–Trinajstić information content (AvgIpc) is 2.86. The Labute approximate surface area is 128 Å². The Morgan fingerprint density at radius 1 is 1.33 bits per heavy atom. The molecule has 21 heavy (non-hydrogen) atoms. The number of anilines is 2. The van der Waals surface area contributed by atoms with E-state index in [2.05, 4.69) is 10.1 Å². The van der Waals surface area contributed by atoms with E-state index >= 15 is 0 Å². The fourth-order valence-electron chi connectivity index (χ4n) is 2.38. The summed E-state index contributed by atoms with van der Waals surface area (Å²) in [7, 11) is 1.95. The van der Waals surface area contributed by atoms with Crippen molar-refractivity contribution >= 4 is 34.2 Å². The summed E-state index contributed by atoms with van der Waals surface area (Å²) in [5.74, 6) is 0.807. The summed E-state index contributed by atoms with van der Waals surface area (Å²) in [6, 6.07) is 9.76. The monoisotopic (exact) mass is 297 g/mol. The molecule has 2 N–H and O–H groups in total. The number of rotatable bonds is 3. The third-order valence-corrected chi connectivity index (χ3v) is 3.56. The summed E-state index contributed by atoms with van der Waals surface area (Å²) in [5, 5.41) is 4.41. The summed E-state index contributed by atoms with van der Waals surface area (Å²) < 4.78 is 1.82. The maximum absolute atomic E-state index is 5.81. The van der Waals surface area contributed by atoms with Gasteiger partial charge in [0.05, 0.1) is 11.4 Å². The van der Waals surface area contributed by atoms with E-state index in [-0.39, 0.29) is 0 Å². The Hall–Kier alpha value is -2.47. The fraction of sp³-hybridized carbons (Fsp3) is 0.133. The van der Waals surface area contributed by atoms with Crippen LogP contribution in [0.25, 0.3) is 5.52 Å². The molecule has 0 radical (unpaired) electrons. The van der Waals surface area contributed by atoms with Gasteiger partial charge in [-0.15, -0.1) is 0 Å². The highest BCUT2D eigenvalue weighted by Gasteiger charge is 2.15. The van der Waals surface area contributed by atoms with Crippen LogP contribution < -0.4 is 10.6 Å². The van der Waals surface area contributed by atoms with Crippen molar-refractivity contribution in [2.24, 2.45) is 5.73 Å². The third-order valence-electron chi connectivity index (χ3n) is 3.34. The lowest BCUT2D eigenvalue weighted by Gasteiger charge is -2.21. The highest BCUT2D eigenvalue weighted by atomic mass is 32.1. The van der Waals surface area contributed by atoms with Crippen LogP contribution in [0.1, 0.15) is 11.3 Å². The molecule has 0 atom stereocenters. The molecule has 0 aliphatic rings. The molecule has 0 aliphatic heterocycles. The van der Waals surface area contributed by atoms with Crippen molar-refractivity contribution in [2.75, 3.05) is 11.9 Å². The molecule has 0 unspecified atom stereocenters. The molecule has 6 heteroatoms. The minimum atomic E-state index is 0.370. The van der Waals surface area contributed by atoms with Crippen LogP contribution in [0.15, 0.2) is 42.7 Å². The Morgan fingerprint density at radius 3 is 2.86 bits per heavy atom. The second-order valence-corrected chi connectivity index (χ2v) is 5.25. The van der Waals surface area contributed by atoms with Gasteiger partial charge < -0.3 is 10.6 Å². The van der Waals surface area contributed by atoms with Crippen LogP contribution >= 0.6 is 12.2 Å². The number of benzene rings is 1. The van der Waals surface area contributed by atoms with Gasteiger partial charge in [0.1, 0.15) is 10.5 Å². The van der Waals surface area contributed by atoms with Crippen LogP contribution in [0, 0.1) is 6.92 Å². The van der Waals surface area contributed by atoms with Crippen molar-refractivity contribution in [1.29, 1.82) is 0 Å². The summed E-state index contributed by atoms with van der Waals surface area (Å²) in [4.78, 5) is 6.82. The number of para-hydroxylation sites is 1. The van der Waals surface area contributed by atoms with Gasteiger partial charge in [0.25, 0.3) is 0 Å². The van der Waals surface area contributed by atoms with Crippen LogP contribution in [0.4, 0.5) is 11.5 Å². The van der Waals surface area contributed by atoms with Crippen molar-refractivity contribution in [3.05, 3.63) is 54.0 Å². The predicted octanol–water partition coefficient (Wildman–Crippen LogP) is 2.44. The van der Waals surface area contributed by atoms with E-state index in [0.717, 1.165) is 28.3 Å². The van der Waals surface area contributed by atoms with E-state index in [4.69, 9.17) is 18.0 Å². The van der Waals surface area contributed by atoms with E-state index in [0.29, 0.717) is 4.99 Å². The van der Waals surface area contributed by atoms with Crippen molar-refractivity contribution in [3.63, 3.8) is 0 Å². The maximum atomic E-state index is 5.81. The summed E-state index contributed by atoms with van der Waals surface area (Å²) in [6.07, 6.45) is 3.56. The molecule has 0 fully saturated rings. The zero-order valence-electron chi connectivity index (χ0n) is 11.8. The van der Waals surface area contributed by atoms with Gasteiger partial charge in [-0.25, -0.2) is 9.50 Å². The van der Waals surface area contributed by atoms with E-state index in [1.54, 1.807) is 6.20 Å². The minimum absolute atomic E-state index is 0.370. The number of hydrogen-bond donors (Lipinski definition) is 1. The highest BCUT2D eigenvalue weighted by Crippen LogP contribution is 2.28. The second kappa shape index (κ2) is 5.14. The number of nitrogens with two attached hydrogens (primary N) is 1. The molecule has 106 valence electrons. The van der Waals surface area contributed by atoms with Crippen LogP contribution in [-0.2, 0) is 0 Å². The van der Waals surface area contributed by atoms with Crippen molar-refractivity contribution in [2.45, 2.75) is 6.92 Å². The molecule has 0 spiro atoms. The first-order valence-corrected chi connectivity index (χ1v) is 6.92. The second-order valence-electron chi connectivity index (χ2n) is 4.81. The summed E-state index contributed by atoms with van der Waals surface area (Å²) >= 11 is 5.13. The van der Waals surface area contributed by atoms with Gasteiger partial charge in [-0.05, 0) is 25.1 Å². The zero-order chi connectivity index (χ0) is 15.0. The third kappa shape index (κ3) is 2.34.